The van der Waals surface area contributed by atoms with Gasteiger partial charge in [-0.1, -0.05) is 42.5 Å². The number of aromatic hydroxyl groups is 1. The number of nitrogens with zero attached hydrogens (tertiary/aromatic N) is 1. The van der Waals surface area contributed by atoms with Gasteiger partial charge in [0.25, 0.3) is 0 Å². The summed E-state index contributed by atoms with van der Waals surface area (Å²) in [6.07, 6.45) is 2.46. The summed E-state index contributed by atoms with van der Waals surface area (Å²) in [7, 11) is -3.45. The molecule has 0 spiro atoms. The molecular formula is C24H32N2O5S. The van der Waals surface area contributed by atoms with Crippen LogP contribution in [0.3, 0.4) is 0 Å². The van der Waals surface area contributed by atoms with Crippen molar-refractivity contribution >= 4 is 16.1 Å². The maximum absolute atomic E-state index is 13.0. The molecule has 174 valence electrons. The smallest absolute Gasteiger partial charge is 0.410 e. The molecule has 1 aliphatic rings. The Bertz CT molecular complexity index is 1060. The summed E-state index contributed by atoms with van der Waals surface area (Å²) >= 11 is 0. The van der Waals surface area contributed by atoms with E-state index in [1.54, 1.807) is 17.0 Å². The number of phenolic OH excluding ortho intramolecular Hbond substituents is 1. The second kappa shape index (κ2) is 9.50. The van der Waals surface area contributed by atoms with E-state index in [-0.39, 0.29) is 5.75 Å². The van der Waals surface area contributed by atoms with Crippen LogP contribution >= 0.6 is 0 Å². The van der Waals surface area contributed by atoms with Gasteiger partial charge in [-0.25, -0.2) is 17.9 Å². The number of benzene rings is 2. The summed E-state index contributed by atoms with van der Waals surface area (Å²) in [5.41, 5.74) is 1.86. The minimum Gasteiger partial charge on any atom is -0.507 e. The van der Waals surface area contributed by atoms with Gasteiger partial charge >= 0.3 is 6.09 Å². The summed E-state index contributed by atoms with van der Waals surface area (Å²) < 4.78 is 32.3. The monoisotopic (exact) mass is 460 g/mol. The van der Waals surface area contributed by atoms with Gasteiger partial charge in [0.1, 0.15) is 11.4 Å². The number of rotatable bonds is 5. The quantitative estimate of drug-likeness (QED) is 0.705. The lowest BCUT2D eigenvalue weighted by molar-refractivity contribution is 0.00592. The average Bonchev–Trinajstić information content (AvgIpc) is 2.67. The number of hydrogen-bond acceptors (Lipinski definition) is 5. The Labute approximate surface area is 190 Å². The molecule has 2 atom stereocenters. The van der Waals surface area contributed by atoms with Crippen LogP contribution in [0.25, 0.3) is 11.1 Å². The third kappa shape index (κ3) is 6.46. The number of piperidine rings is 1. The van der Waals surface area contributed by atoms with E-state index < -0.39 is 33.8 Å². The number of carbonyl (C=O) groups is 1. The highest BCUT2D eigenvalue weighted by Crippen LogP contribution is 2.30. The maximum atomic E-state index is 13.0. The zero-order valence-electron chi connectivity index (χ0n) is 19.0. The Morgan fingerprint density at radius 3 is 2.56 bits per heavy atom. The lowest BCUT2D eigenvalue weighted by atomic mass is 9.90. The van der Waals surface area contributed by atoms with Crippen LogP contribution in [0, 0.1) is 0 Å². The van der Waals surface area contributed by atoms with Gasteiger partial charge in [0.05, 0.1) is 12.3 Å². The molecule has 2 N–H and O–H groups in total. The fourth-order valence-electron chi connectivity index (χ4n) is 4.09. The molecule has 2 aromatic carbocycles. The van der Waals surface area contributed by atoms with E-state index in [4.69, 9.17) is 4.74 Å². The van der Waals surface area contributed by atoms with E-state index in [0.717, 1.165) is 17.4 Å². The summed E-state index contributed by atoms with van der Waals surface area (Å²) in [5.74, 6) is 0.189. The van der Waals surface area contributed by atoms with Crippen LogP contribution in [-0.2, 0) is 21.2 Å². The number of phenols is 1. The Hall–Kier alpha value is -2.58. The maximum Gasteiger partial charge on any atom is 0.410 e. The van der Waals surface area contributed by atoms with Crippen LogP contribution in [0.2, 0.25) is 0 Å². The van der Waals surface area contributed by atoms with E-state index in [1.807, 2.05) is 57.2 Å². The van der Waals surface area contributed by atoms with Crippen molar-refractivity contribution in [3.05, 3.63) is 54.1 Å². The molecule has 0 bridgehead atoms. The number of likely N-dealkylation sites (tertiary alicyclic amines) is 1. The normalized spacial score (nSPS) is 19.6. The van der Waals surface area contributed by atoms with Crippen LogP contribution in [0.15, 0.2) is 48.5 Å². The van der Waals surface area contributed by atoms with Gasteiger partial charge < -0.3 is 14.7 Å². The third-order valence-electron chi connectivity index (χ3n) is 5.36. The molecule has 32 heavy (non-hydrogen) atoms. The zero-order valence-corrected chi connectivity index (χ0v) is 19.9. The summed E-state index contributed by atoms with van der Waals surface area (Å²) in [5, 5.41) is 10.2. The first-order valence-electron chi connectivity index (χ1n) is 10.8. The minimum absolute atomic E-state index is 0.189. The average molecular weight is 461 g/mol. The fourth-order valence-corrected chi connectivity index (χ4v) is 4.92. The predicted octanol–water partition coefficient (Wildman–Crippen LogP) is 3.92. The number of amides is 1. The van der Waals surface area contributed by atoms with Crippen molar-refractivity contribution in [3.63, 3.8) is 0 Å². The third-order valence-corrected chi connectivity index (χ3v) is 6.09. The highest BCUT2D eigenvalue weighted by atomic mass is 32.2. The van der Waals surface area contributed by atoms with Gasteiger partial charge in [0, 0.05) is 18.2 Å². The molecule has 1 heterocycles. The standard InChI is InChI=1S/C24H32N2O5S/c1-24(2,3)31-23(28)26-14-8-12-20(25-32(4,29)30)21(26)16-17-9-7-10-18(15-17)19-11-5-6-13-22(19)27/h5-7,9-11,13,15,20-21,25,27H,8,12,14,16H2,1-4H3. The first-order chi connectivity index (χ1) is 14.9. The zero-order chi connectivity index (χ0) is 23.5. The molecular weight excluding hydrogens is 428 g/mol. The van der Waals surface area contributed by atoms with Crippen LogP contribution < -0.4 is 4.72 Å². The van der Waals surface area contributed by atoms with Crippen molar-refractivity contribution in [2.24, 2.45) is 0 Å². The molecule has 0 aromatic heterocycles. The van der Waals surface area contributed by atoms with Crippen LogP contribution in [-0.4, -0.2) is 55.0 Å². The van der Waals surface area contributed by atoms with Crippen molar-refractivity contribution in [2.75, 3.05) is 12.8 Å². The molecule has 2 unspecified atom stereocenters. The molecule has 7 nitrogen and oxygen atoms in total. The molecule has 0 saturated carbocycles. The largest absolute Gasteiger partial charge is 0.507 e. The molecule has 8 heteroatoms. The van der Waals surface area contributed by atoms with Crippen molar-refractivity contribution in [1.82, 2.24) is 9.62 Å². The molecule has 2 aromatic rings. The van der Waals surface area contributed by atoms with Gasteiger partial charge in [-0.15, -0.1) is 0 Å². The Balaban J connectivity index is 1.92. The molecule has 1 saturated heterocycles. The van der Waals surface area contributed by atoms with E-state index >= 15 is 0 Å². The topological polar surface area (TPSA) is 95.9 Å². The van der Waals surface area contributed by atoms with E-state index in [9.17, 15) is 18.3 Å². The number of sulfonamides is 1. The van der Waals surface area contributed by atoms with Crippen LogP contribution in [0.4, 0.5) is 4.79 Å². The minimum atomic E-state index is -3.45. The first-order valence-corrected chi connectivity index (χ1v) is 12.7. The molecule has 1 fully saturated rings. The van der Waals surface area contributed by atoms with Crippen molar-refractivity contribution < 1.29 is 23.1 Å². The number of para-hydroxylation sites is 1. The fraction of sp³-hybridized carbons (Fsp3) is 0.458. The van der Waals surface area contributed by atoms with Gasteiger partial charge in [-0.05, 0) is 57.2 Å². The molecule has 0 aliphatic carbocycles. The second-order valence-electron chi connectivity index (χ2n) is 9.30. The highest BCUT2D eigenvalue weighted by molar-refractivity contribution is 7.88. The van der Waals surface area contributed by atoms with Gasteiger partial charge in [0.15, 0.2) is 0 Å². The van der Waals surface area contributed by atoms with Gasteiger partial charge in [-0.3, -0.25) is 0 Å². The number of nitrogens with one attached hydrogen (secondary N) is 1. The summed E-state index contributed by atoms with van der Waals surface area (Å²) in [6.45, 7) is 5.93. The SMILES string of the molecule is CC(C)(C)OC(=O)N1CCCC(NS(C)(=O)=O)C1Cc1cccc(-c2ccccc2O)c1. The van der Waals surface area contributed by atoms with Gasteiger partial charge in [-0.2, -0.15) is 0 Å². The molecule has 1 aliphatic heterocycles. The Kier molecular flexibility index (Phi) is 7.15. The van der Waals surface area contributed by atoms with E-state index in [2.05, 4.69) is 4.72 Å². The van der Waals surface area contributed by atoms with Crippen molar-refractivity contribution in [3.8, 4) is 16.9 Å². The molecule has 0 radical (unpaired) electrons. The highest BCUT2D eigenvalue weighted by Gasteiger charge is 2.37. The second-order valence-corrected chi connectivity index (χ2v) is 11.1. The van der Waals surface area contributed by atoms with Crippen molar-refractivity contribution in [1.29, 1.82) is 0 Å². The first kappa shape index (κ1) is 24.1. The van der Waals surface area contributed by atoms with Crippen molar-refractivity contribution in [2.45, 2.75) is 57.7 Å². The number of hydrogen-bond donors (Lipinski definition) is 2. The van der Waals surface area contributed by atoms with Crippen LogP contribution in [0.1, 0.15) is 39.2 Å². The Morgan fingerprint density at radius 1 is 1.19 bits per heavy atom. The lowest BCUT2D eigenvalue weighted by Crippen LogP contribution is -2.58. The van der Waals surface area contributed by atoms with Gasteiger partial charge in [0.2, 0.25) is 10.0 Å². The summed E-state index contributed by atoms with van der Waals surface area (Å²) in [6, 6.07) is 14.0. The number of ether oxygens (including phenoxy) is 1. The molecule has 3 rings (SSSR count). The van der Waals surface area contributed by atoms with Crippen LogP contribution in [0.5, 0.6) is 5.75 Å². The van der Waals surface area contributed by atoms with E-state index in [0.29, 0.717) is 31.4 Å². The number of carbonyl (C=O) groups excluding carboxylic acids is 1. The molecule has 1 amide bonds. The predicted molar refractivity (Wildman–Crippen MR) is 125 cm³/mol. The Morgan fingerprint density at radius 2 is 1.91 bits per heavy atom. The van der Waals surface area contributed by atoms with E-state index in [1.165, 1.54) is 0 Å². The lowest BCUT2D eigenvalue weighted by Gasteiger charge is -2.41. The summed E-state index contributed by atoms with van der Waals surface area (Å²) in [4.78, 5) is 14.6.